The molecule has 0 amide bonds. The van der Waals surface area contributed by atoms with Crippen molar-refractivity contribution in [3.05, 3.63) is 58.6 Å². The van der Waals surface area contributed by atoms with E-state index in [0.29, 0.717) is 5.69 Å². The molecule has 0 radical (unpaired) electrons. The van der Waals surface area contributed by atoms with Crippen molar-refractivity contribution in [2.45, 2.75) is 6.04 Å². The van der Waals surface area contributed by atoms with Crippen LogP contribution in [0.1, 0.15) is 11.6 Å². The molecule has 0 heterocycles. The van der Waals surface area contributed by atoms with Gasteiger partial charge in [-0.15, -0.1) is 0 Å². The van der Waals surface area contributed by atoms with E-state index in [-0.39, 0.29) is 12.6 Å². The van der Waals surface area contributed by atoms with Gasteiger partial charge in [-0.3, -0.25) is 0 Å². The van der Waals surface area contributed by atoms with E-state index in [1.165, 1.54) is 0 Å². The summed E-state index contributed by atoms with van der Waals surface area (Å²) in [5.74, 6) is 0. The van der Waals surface area contributed by atoms with Crippen molar-refractivity contribution in [1.82, 2.24) is 0 Å². The quantitative estimate of drug-likeness (QED) is 0.760. The van der Waals surface area contributed by atoms with Gasteiger partial charge in [-0.05, 0) is 23.8 Å². The van der Waals surface area contributed by atoms with Crippen LogP contribution >= 0.6 is 15.9 Å². The third kappa shape index (κ3) is 3.03. The predicted molar refractivity (Wildman–Crippen MR) is 78.4 cm³/mol. The maximum absolute atomic E-state index is 9.49. The first-order valence-electron chi connectivity index (χ1n) is 5.68. The highest BCUT2D eigenvalue weighted by Crippen LogP contribution is 2.27. The molecule has 0 spiro atoms. The van der Waals surface area contributed by atoms with Crippen molar-refractivity contribution in [1.29, 1.82) is 0 Å². The number of nitrogen functional groups attached to an aromatic ring is 1. The lowest BCUT2D eigenvalue weighted by Crippen LogP contribution is -2.15. The molecular formula is C14H15BrN2O. The molecule has 3 nitrogen and oxygen atoms in total. The predicted octanol–water partition coefficient (Wildman–Crippen LogP) is 3.18. The van der Waals surface area contributed by atoms with Gasteiger partial charge in [0.25, 0.3) is 0 Å². The lowest BCUT2D eigenvalue weighted by atomic mass is 10.1. The molecule has 1 atom stereocenters. The van der Waals surface area contributed by atoms with Gasteiger partial charge < -0.3 is 16.2 Å². The third-order valence-electron chi connectivity index (χ3n) is 2.73. The summed E-state index contributed by atoms with van der Waals surface area (Å²) in [5, 5.41) is 12.7. The molecule has 0 aromatic heterocycles. The van der Waals surface area contributed by atoms with Crippen LogP contribution in [0, 0.1) is 0 Å². The second-order valence-electron chi connectivity index (χ2n) is 4.02. The molecule has 4 N–H and O–H groups in total. The second-order valence-corrected chi connectivity index (χ2v) is 4.94. The van der Waals surface area contributed by atoms with Crippen LogP contribution in [0.5, 0.6) is 0 Å². The Balaban J connectivity index is 2.23. The largest absolute Gasteiger partial charge is 0.397 e. The number of nitrogens with one attached hydrogen (secondary N) is 1. The van der Waals surface area contributed by atoms with Gasteiger partial charge in [0.2, 0.25) is 0 Å². The zero-order valence-corrected chi connectivity index (χ0v) is 11.4. The summed E-state index contributed by atoms with van der Waals surface area (Å²) >= 11 is 3.41. The third-order valence-corrected chi connectivity index (χ3v) is 3.22. The van der Waals surface area contributed by atoms with Gasteiger partial charge in [0, 0.05) is 4.47 Å². The van der Waals surface area contributed by atoms with E-state index < -0.39 is 0 Å². The van der Waals surface area contributed by atoms with Crippen molar-refractivity contribution in [2.24, 2.45) is 0 Å². The minimum atomic E-state index is -0.164. The van der Waals surface area contributed by atoms with Crippen LogP contribution < -0.4 is 11.1 Å². The second kappa shape index (κ2) is 5.89. The van der Waals surface area contributed by atoms with Gasteiger partial charge in [-0.1, -0.05) is 46.3 Å². The Hall–Kier alpha value is -1.52. The van der Waals surface area contributed by atoms with Crippen LogP contribution in [-0.2, 0) is 0 Å². The summed E-state index contributed by atoms with van der Waals surface area (Å²) in [4.78, 5) is 0. The molecule has 0 aliphatic carbocycles. The van der Waals surface area contributed by atoms with E-state index in [1.807, 2.05) is 48.5 Å². The average molecular weight is 307 g/mol. The van der Waals surface area contributed by atoms with Crippen molar-refractivity contribution < 1.29 is 5.11 Å². The Labute approximate surface area is 115 Å². The first-order chi connectivity index (χ1) is 8.70. The van der Waals surface area contributed by atoms with E-state index >= 15 is 0 Å². The average Bonchev–Trinajstić information content (AvgIpc) is 2.41. The van der Waals surface area contributed by atoms with E-state index in [2.05, 4.69) is 21.2 Å². The molecule has 2 aromatic rings. The summed E-state index contributed by atoms with van der Waals surface area (Å²) in [6, 6.07) is 15.2. The Bertz CT molecular complexity index is 516. The van der Waals surface area contributed by atoms with Gasteiger partial charge in [-0.25, -0.2) is 0 Å². The van der Waals surface area contributed by atoms with Gasteiger partial charge in [-0.2, -0.15) is 0 Å². The van der Waals surface area contributed by atoms with Crippen molar-refractivity contribution in [3.63, 3.8) is 0 Å². The highest BCUT2D eigenvalue weighted by atomic mass is 79.9. The van der Waals surface area contributed by atoms with Crippen LogP contribution in [0.2, 0.25) is 0 Å². The number of anilines is 2. The van der Waals surface area contributed by atoms with E-state index in [9.17, 15) is 5.11 Å². The normalized spacial score (nSPS) is 12.1. The lowest BCUT2D eigenvalue weighted by molar-refractivity contribution is 0.276. The molecule has 0 aliphatic heterocycles. The summed E-state index contributed by atoms with van der Waals surface area (Å²) in [6.45, 7) is 0.00989. The van der Waals surface area contributed by atoms with Crippen LogP contribution in [0.3, 0.4) is 0 Å². The van der Waals surface area contributed by atoms with Gasteiger partial charge in [0.1, 0.15) is 0 Å². The molecule has 2 aromatic carbocycles. The van der Waals surface area contributed by atoms with Crippen molar-refractivity contribution >= 4 is 27.3 Å². The number of hydrogen-bond donors (Lipinski definition) is 3. The molecule has 0 saturated carbocycles. The molecule has 0 aliphatic rings. The molecule has 0 bridgehead atoms. The molecule has 1 unspecified atom stereocenters. The van der Waals surface area contributed by atoms with Crippen LogP contribution in [0.15, 0.2) is 53.0 Å². The fraction of sp³-hybridized carbons (Fsp3) is 0.143. The molecule has 94 valence electrons. The molecule has 2 rings (SSSR count). The topological polar surface area (TPSA) is 58.3 Å². The van der Waals surface area contributed by atoms with E-state index in [4.69, 9.17) is 5.73 Å². The standard InChI is InChI=1S/C14H15BrN2O/c15-11-6-7-12(16)13(8-11)17-14(9-18)10-4-2-1-3-5-10/h1-8,14,17-18H,9,16H2. The fourth-order valence-electron chi connectivity index (χ4n) is 1.76. The Morgan fingerprint density at radius 1 is 1.17 bits per heavy atom. The highest BCUT2D eigenvalue weighted by molar-refractivity contribution is 9.10. The smallest absolute Gasteiger partial charge is 0.0745 e. The zero-order valence-electron chi connectivity index (χ0n) is 9.81. The summed E-state index contributed by atoms with van der Waals surface area (Å²) < 4.78 is 0.948. The first-order valence-corrected chi connectivity index (χ1v) is 6.47. The van der Waals surface area contributed by atoms with Gasteiger partial charge in [0.05, 0.1) is 24.0 Å². The van der Waals surface area contributed by atoms with Crippen molar-refractivity contribution in [3.8, 4) is 0 Å². The number of aliphatic hydroxyl groups excluding tert-OH is 1. The zero-order chi connectivity index (χ0) is 13.0. The van der Waals surface area contributed by atoms with Crippen molar-refractivity contribution in [2.75, 3.05) is 17.7 Å². The lowest BCUT2D eigenvalue weighted by Gasteiger charge is -2.19. The highest BCUT2D eigenvalue weighted by Gasteiger charge is 2.11. The Kier molecular flexibility index (Phi) is 4.23. The minimum Gasteiger partial charge on any atom is -0.397 e. The number of nitrogens with two attached hydrogens (primary N) is 1. The van der Waals surface area contributed by atoms with E-state index in [1.54, 1.807) is 0 Å². The maximum atomic E-state index is 9.49. The Morgan fingerprint density at radius 3 is 2.56 bits per heavy atom. The number of halogens is 1. The number of aliphatic hydroxyl groups is 1. The SMILES string of the molecule is Nc1ccc(Br)cc1NC(CO)c1ccccc1. The van der Waals surface area contributed by atoms with Gasteiger partial charge in [0.15, 0.2) is 0 Å². The summed E-state index contributed by atoms with van der Waals surface area (Å²) in [5.41, 5.74) is 8.40. The van der Waals surface area contributed by atoms with Crippen LogP contribution in [0.4, 0.5) is 11.4 Å². The fourth-order valence-corrected chi connectivity index (χ4v) is 2.12. The van der Waals surface area contributed by atoms with Gasteiger partial charge >= 0.3 is 0 Å². The summed E-state index contributed by atoms with van der Waals surface area (Å²) in [6.07, 6.45) is 0. The first kappa shape index (κ1) is 12.9. The number of hydrogen-bond acceptors (Lipinski definition) is 3. The van der Waals surface area contributed by atoms with E-state index in [0.717, 1.165) is 15.7 Å². The number of rotatable bonds is 4. The van der Waals surface area contributed by atoms with Crippen LogP contribution in [-0.4, -0.2) is 11.7 Å². The minimum absolute atomic E-state index is 0.00989. The molecule has 0 saturated heterocycles. The number of benzene rings is 2. The monoisotopic (exact) mass is 306 g/mol. The molecule has 0 fully saturated rings. The van der Waals surface area contributed by atoms with Crippen LogP contribution in [0.25, 0.3) is 0 Å². The maximum Gasteiger partial charge on any atom is 0.0745 e. The molecule has 4 heteroatoms. The molecular weight excluding hydrogens is 292 g/mol. The molecule has 18 heavy (non-hydrogen) atoms. The summed E-state index contributed by atoms with van der Waals surface area (Å²) in [7, 11) is 0. The Morgan fingerprint density at radius 2 is 1.89 bits per heavy atom.